The number of anilines is 1. The minimum Gasteiger partial charge on any atom is -0.497 e. The van der Waals surface area contributed by atoms with Crippen LogP contribution in [-0.2, 0) is 26.2 Å². The van der Waals surface area contributed by atoms with Crippen LogP contribution >= 0.6 is 0 Å². The van der Waals surface area contributed by atoms with Gasteiger partial charge < -0.3 is 19.7 Å². The average Bonchev–Trinajstić information content (AvgIpc) is 2.84. The zero-order valence-corrected chi connectivity index (χ0v) is 21.8. The number of amides is 2. The molecule has 2 rings (SSSR count). The predicted octanol–water partition coefficient (Wildman–Crippen LogP) is 2.80. The molecule has 0 aliphatic rings. The molecule has 0 aromatic heterocycles. The summed E-state index contributed by atoms with van der Waals surface area (Å²) < 4.78 is 36.8. The molecule has 10 heteroatoms. The number of likely N-dealkylation sites (N-methyl/N-ethyl adjacent to an activating group) is 1. The van der Waals surface area contributed by atoms with Crippen LogP contribution in [0.15, 0.2) is 48.5 Å². The fraction of sp³-hybridized carbons (Fsp3) is 0.440. The quantitative estimate of drug-likeness (QED) is 0.449. The number of carbonyl (C=O) groups is 2. The van der Waals surface area contributed by atoms with Gasteiger partial charge in [-0.25, -0.2) is 8.42 Å². The first-order valence-electron chi connectivity index (χ1n) is 11.4. The SMILES string of the molecule is CCOc1ccc(N(CCCC(=O)N(Cc2cccc(OC)c2)[C@H](C)C(=O)NC)S(C)(=O)=O)cc1. The van der Waals surface area contributed by atoms with Crippen molar-refractivity contribution in [2.45, 2.75) is 39.3 Å². The van der Waals surface area contributed by atoms with Crippen LogP contribution in [0.5, 0.6) is 11.5 Å². The molecule has 2 aromatic rings. The van der Waals surface area contributed by atoms with Gasteiger partial charge in [-0.3, -0.25) is 13.9 Å². The molecule has 0 radical (unpaired) electrons. The molecule has 192 valence electrons. The lowest BCUT2D eigenvalue weighted by Gasteiger charge is -2.29. The zero-order valence-electron chi connectivity index (χ0n) is 21.0. The van der Waals surface area contributed by atoms with Gasteiger partial charge in [-0.2, -0.15) is 0 Å². The Morgan fingerprint density at radius 2 is 1.77 bits per heavy atom. The Hall–Kier alpha value is -3.27. The first-order valence-corrected chi connectivity index (χ1v) is 13.3. The molecule has 0 aliphatic carbocycles. The molecule has 0 fully saturated rings. The fourth-order valence-corrected chi connectivity index (χ4v) is 4.60. The molecule has 0 heterocycles. The van der Waals surface area contributed by atoms with Crippen molar-refractivity contribution >= 4 is 27.5 Å². The molecule has 1 atom stereocenters. The van der Waals surface area contributed by atoms with E-state index < -0.39 is 16.1 Å². The lowest BCUT2D eigenvalue weighted by atomic mass is 10.1. The summed E-state index contributed by atoms with van der Waals surface area (Å²) in [5.74, 6) is 0.773. The number of rotatable bonds is 13. The Morgan fingerprint density at radius 3 is 2.34 bits per heavy atom. The van der Waals surface area contributed by atoms with Gasteiger partial charge in [-0.1, -0.05) is 12.1 Å². The second kappa shape index (κ2) is 13.0. The monoisotopic (exact) mass is 505 g/mol. The molecule has 1 N–H and O–H groups in total. The second-order valence-electron chi connectivity index (χ2n) is 8.03. The Balaban J connectivity index is 2.14. The van der Waals surface area contributed by atoms with Gasteiger partial charge in [-0.05, 0) is 62.2 Å². The lowest BCUT2D eigenvalue weighted by molar-refractivity contribution is -0.140. The van der Waals surface area contributed by atoms with Gasteiger partial charge in [0.1, 0.15) is 17.5 Å². The second-order valence-corrected chi connectivity index (χ2v) is 9.94. The van der Waals surface area contributed by atoms with Crippen LogP contribution in [-0.4, -0.2) is 64.7 Å². The van der Waals surface area contributed by atoms with E-state index in [1.165, 1.54) is 16.3 Å². The number of nitrogens with zero attached hydrogens (tertiary/aromatic N) is 2. The van der Waals surface area contributed by atoms with Gasteiger partial charge in [-0.15, -0.1) is 0 Å². The molecule has 0 bridgehead atoms. The van der Waals surface area contributed by atoms with Crippen molar-refractivity contribution in [2.24, 2.45) is 0 Å². The highest BCUT2D eigenvalue weighted by Crippen LogP contribution is 2.23. The summed E-state index contributed by atoms with van der Waals surface area (Å²) >= 11 is 0. The number of benzene rings is 2. The molecule has 0 saturated carbocycles. The van der Waals surface area contributed by atoms with Gasteiger partial charge in [0.2, 0.25) is 21.8 Å². The van der Waals surface area contributed by atoms with Gasteiger partial charge in [0.05, 0.1) is 25.7 Å². The predicted molar refractivity (Wildman–Crippen MR) is 136 cm³/mol. The molecule has 35 heavy (non-hydrogen) atoms. The van der Waals surface area contributed by atoms with Gasteiger partial charge in [0.15, 0.2) is 0 Å². The van der Waals surface area contributed by atoms with Crippen LogP contribution in [0.25, 0.3) is 0 Å². The highest BCUT2D eigenvalue weighted by Gasteiger charge is 2.26. The minimum atomic E-state index is -3.56. The van der Waals surface area contributed by atoms with Crippen molar-refractivity contribution in [2.75, 3.05) is 37.9 Å². The van der Waals surface area contributed by atoms with Crippen molar-refractivity contribution in [1.29, 1.82) is 0 Å². The van der Waals surface area contributed by atoms with Crippen molar-refractivity contribution in [3.63, 3.8) is 0 Å². The third-order valence-electron chi connectivity index (χ3n) is 5.49. The van der Waals surface area contributed by atoms with Crippen LogP contribution in [0, 0.1) is 0 Å². The third-order valence-corrected chi connectivity index (χ3v) is 6.68. The van der Waals surface area contributed by atoms with Crippen LogP contribution in [0.2, 0.25) is 0 Å². The number of methoxy groups -OCH3 is 1. The van der Waals surface area contributed by atoms with Crippen LogP contribution in [0.1, 0.15) is 32.3 Å². The summed E-state index contributed by atoms with van der Waals surface area (Å²) in [5.41, 5.74) is 1.32. The molecular formula is C25H35N3O6S. The van der Waals surface area contributed by atoms with Gasteiger partial charge in [0.25, 0.3) is 0 Å². The van der Waals surface area contributed by atoms with E-state index in [0.717, 1.165) is 11.8 Å². The van der Waals surface area contributed by atoms with Crippen LogP contribution < -0.4 is 19.1 Å². The maximum absolute atomic E-state index is 13.2. The summed E-state index contributed by atoms with van der Waals surface area (Å²) in [5, 5.41) is 2.58. The zero-order chi connectivity index (χ0) is 26.0. The number of nitrogens with one attached hydrogen (secondary N) is 1. The standard InChI is InChI=1S/C25H35N3O6S/c1-6-34-22-14-12-21(13-15-22)28(35(5,31)32)16-8-11-24(29)27(19(2)25(30)26-3)18-20-9-7-10-23(17-20)33-4/h7,9-10,12-15,17,19H,6,8,11,16,18H2,1-5H3,(H,26,30)/t19-/m1/s1. The molecular weight excluding hydrogens is 470 g/mol. The molecule has 0 aliphatic heterocycles. The fourth-order valence-electron chi connectivity index (χ4n) is 3.64. The summed E-state index contributed by atoms with van der Waals surface area (Å²) in [6, 6.07) is 13.4. The average molecular weight is 506 g/mol. The maximum atomic E-state index is 13.2. The minimum absolute atomic E-state index is 0.0777. The molecule has 0 saturated heterocycles. The van der Waals surface area contributed by atoms with Crippen molar-refractivity contribution in [3.05, 3.63) is 54.1 Å². The highest BCUT2D eigenvalue weighted by atomic mass is 32.2. The summed E-state index contributed by atoms with van der Waals surface area (Å²) in [6.07, 6.45) is 1.50. The Bertz CT molecular complexity index is 1090. The van der Waals surface area contributed by atoms with E-state index in [1.807, 2.05) is 25.1 Å². The van der Waals surface area contributed by atoms with Crippen molar-refractivity contribution in [3.8, 4) is 11.5 Å². The summed E-state index contributed by atoms with van der Waals surface area (Å²) in [6.45, 7) is 4.40. The van der Waals surface area contributed by atoms with Crippen molar-refractivity contribution < 1.29 is 27.5 Å². The Kier molecular flexibility index (Phi) is 10.4. The molecule has 2 aromatic carbocycles. The smallest absolute Gasteiger partial charge is 0.242 e. The highest BCUT2D eigenvalue weighted by molar-refractivity contribution is 7.92. The van der Waals surface area contributed by atoms with Crippen molar-refractivity contribution in [1.82, 2.24) is 10.2 Å². The number of ether oxygens (including phenoxy) is 2. The normalized spacial score (nSPS) is 11.9. The third kappa shape index (κ3) is 8.17. The molecule has 2 amide bonds. The first kappa shape index (κ1) is 28.0. The molecule has 0 spiro atoms. The van der Waals surface area contributed by atoms with E-state index in [2.05, 4.69) is 5.32 Å². The van der Waals surface area contributed by atoms with E-state index in [0.29, 0.717) is 23.8 Å². The van der Waals surface area contributed by atoms with E-state index in [9.17, 15) is 18.0 Å². The summed E-state index contributed by atoms with van der Waals surface area (Å²) in [7, 11) is -0.477. The molecule has 0 unspecified atom stereocenters. The van der Waals surface area contributed by atoms with E-state index in [-0.39, 0.29) is 37.7 Å². The van der Waals surface area contributed by atoms with Crippen LogP contribution in [0.4, 0.5) is 5.69 Å². The van der Waals surface area contributed by atoms with E-state index in [1.54, 1.807) is 44.4 Å². The largest absolute Gasteiger partial charge is 0.497 e. The molecule has 9 nitrogen and oxygen atoms in total. The number of sulfonamides is 1. The van der Waals surface area contributed by atoms with E-state index >= 15 is 0 Å². The van der Waals surface area contributed by atoms with E-state index in [4.69, 9.17) is 9.47 Å². The topological polar surface area (TPSA) is 105 Å². The number of hydrogen-bond acceptors (Lipinski definition) is 6. The number of hydrogen-bond donors (Lipinski definition) is 1. The first-order chi connectivity index (χ1) is 16.6. The Morgan fingerprint density at radius 1 is 1.09 bits per heavy atom. The van der Waals surface area contributed by atoms with Gasteiger partial charge in [0, 0.05) is 26.6 Å². The Labute approximate surface area is 208 Å². The van der Waals surface area contributed by atoms with Gasteiger partial charge >= 0.3 is 0 Å². The van der Waals surface area contributed by atoms with Crippen LogP contribution in [0.3, 0.4) is 0 Å². The number of carbonyl (C=O) groups excluding carboxylic acids is 2. The maximum Gasteiger partial charge on any atom is 0.242 e. The lowest BCUT2D eigenvalue weighted by Crippen LogP contribution is -2.46. The summed E-state index contributed by atoms with van der Waals surface area (Å²) in [4.78, 5) is 27.0.